The highest BCUT2D eigenvalue weighted by Gasteiger charge is 2.40. The average Bonchev–Trinajstić information content (AvgIpc) is 2.66. The minimum Gasteiger partial charge on any atom is -0.352 e. The quantitative estimate of drug-likeness (QED) is 0.647. The zero-order chi connectivity index (χ0) is 19.5. The molecule has 3 rings (SSSR count). The molecular formula is C20H26N4O2S. The van der Waals surface area contributed by atoms with Gasteiger partial charge in [-0.2, -0.15) is 0 Å². The van der Waals surface area contributed by atoms with Crippen molar-refractivity contribution < 1.29 is 8.42 Å². The molecule has 0 unspecified atom stereocenters. The highest BCUT2D eigenvalue weighted by atomic mass is 32.2. The second-order valence-corrected chi connectivity index (χ2v) is 10.1. The van der Waals surface area contributed by atoms with Crippen LogP contribution < -0.4 is 5.32 Å². The number of benzene rings is 1. The molecule has 27 heavy (non-hydrogen) atoms. The van der Waals surface area contributed by atoms with E-state index < -0.39 is 14.6 Å². The Morgan fingerprint density at radius 3 is 2.74 bits per heavy atom. The number of guanidine groups is 1. The van der Waals surface area contributed by atoms with Gasteiger partial charge in [-0.15, -0.1) is 0 Å². The van der Waals surface area contributed by atoms with Crippen molar-refractivity contribution in [2.24, 2.45) is 4.99 Å². The number of pyridine rings is 1. The maximum atomic E-state index is 12.2. The lowest BCUT2D eigenvalue weighted by atomic mass is 10.1. The Labute approximate surface area is 161 Å². The van der Waals surface area contributed by atoms with Crippen molar-refractivity contribution in [2.45, 2.75) is 25.1 Å². The molecule has 0 saturated carbocycles. The molecular weight excluding hydrogens is 360 g/mol. The summed E-state index contributed by atoms with van der Waals surface area (Å²) in [4.78, 5) is 10.8. The van der Waals surface area contributed by atoms with Crippen LogP contribution in [0.5, 0.6) is 0 Å². The fourth-order valence-corrected chi connectivity index (χ4v) is 4.58. The van der Waals surface area contributed by atoms with Gasteiger partial charge in [0, 0.05) is 38.4 Å². The van der Waals surface area contributed by atoms with E-state index in [0.29, 0.717) is 19.6 Å². The predicted octanol–water partition coefficient (Wildman–Crippen LogP) is 2.33. The lowest BCUT2D eigenvalue weighted by Crippen LogP contribution is -2.57. The normalized spacial score (nSPS) is 18.9. The van der Waals surface area contributed by atoms with E-state index in [4.69, 9.17) is 0 Å². The van der Waals surface area contributed by atoms with Gasteiger partial charge >= 0.3 is 0 Å². The van der Waals surface area contributed by atoms with Gasteiger partial charge in [0.15, 0.2) is 15.8 Å². The second-order valence-electron chi connectivity index (χ2n) is 7.32. The molecule has 0 spiro atoms. The van der Waals surface area contributed by atoms with Crippen LogP contribution in [0.3, 0.4) is 0 Å². The molecule has 0 amide bonds. The summed E-state index contributed by atoms with van der Waals surface area (Å²) in [6.45, 7) is 5.05. The van der Waals surface area contributed by atoms with E-state index in [1.165, 1.54) is 0 Å². The largest absolute Gasteiger partial charge is 0.352 e. The first-order chi connectivity index (χ1) is 12.8. The first-order valence-electron chi connectivity index (χ1n) is 9.01. The van der Waals surface area contributed by atoms with Gasteiger partial charge < -0.3 is 10.2 Å². The number of hydrogen-bond acceptors (Lipinski definition) is 4. The van der Waals surface area contributed by atoms with Crippen LogP contribution in [0.15, 0.2) is 53.7 Å². The third kappa shape index (κ3) is 4.30. The third-order valence-electron chi connectivity index (χ3n) is 4.89. The molecule has 1 aromatic heterocycles. The zero-order valence-corrected chi connectivity index (χ0v) is 16.8. The molecule has 0 bridgehead atoms. The Morgan fingerprint density at radius 1 is 1.26 bits per heavy atom. The van der Waals surface area contributed by atoms with Crippen molar-refractivity contribution in [1.29, 1.82) is 0 Å². The van der Waals surface area contributed by atoms with Crippen LogP contribution in [0, 0.1) is 0 Å². The lowest BCUT2D eigenvalue weighted by Gasteiger charge is -2.39. The minimum atomic E-state index is -3.07. The van der Waals surface area contributed by atoms with Crippen LogP contribution in [0.4, 0.5) is 0 Å². The molecule has 1 fully saturated rings. The van der Waals surface area contributed by atoms with Gasteiger partial charge in [-0.3, -0.25) is 9.98 Å². The molecule has 1 aromatic carbocycles. The van der Waals surface area contributed by atoms with Crippen molar-refractivity contribution in [3.63, 3.8) is 0 Å². The number of aromatic nitrogens is 1. The van der Waals surface area contributed by atoms with Crippen molar-refractivity contribution in [3.05, 3.63) is 54.2 Å². The minimum absolute atomic E-state index is 0.149. The van der Waals surface area contributed by atoms with E-state index in [2.05, 4.69) is 27.4 Å². The van der Waals surface area contributed by atoms with Crippen molar-refractivity contribution in [3.8, 4) is 11.3 Å². The third-order valence-corrected chi connectivity index (χ3v) is 7.43. The summed E-state index contributed by atoms with van der Waals surface area (Å²) in [5, 5.41) is 3.36. The maximum absolute atomic E-state index is 12.2. The van der Waals surface area contributed by atoms with Crippen molar-refractivity contribution in [1.82, 2.24) is 15.2 Å². The van der Waals surface area contributed by atoms with Crippen LogP contribution >= 0.6 is 0 Å². The van der Waals surface area contributed by atoms with Gasteiger partial charge in [0.1, 0.15) is 0 Å². The maximum Gasteiger partial charge on any atom is 0.193 e. The summed E-state index contributed by atoms with van der Waals surface area (Å²) in [7, 11) is -1.35. The molecule has 1 N–H and O–H groups in total. The van der Waals surface area contributed by atoms with Crippen LogP contribution in [-0.4, -0.2) is 54.9 Å². The van der Waals surface area contributed by atoms with Crippen LogP contribution in [0.1, 0.15) is 19.4 Å². The molecule has 1 aliphatic rings. The number of sulfone groups is 1. The Balaban J connectivity index is 1.69. The molecule has 0 atom stereocenters. The summed E-state index contributed by atoms with van der Waals surface area (Å²) in [6.07, 6.45) is 1.79. The number of rotatable bonds is 3. The van der Waals surface area contributed by atoms with Crippen LogP contribution in [-0.2, 0) is 16.4 Å². The molecule has 1 aliphatic heterocycles. The van der Waals surface area contributed by atoms with Gasteiger partial charge in [0.2, 0.25) is 0 Å². The molecule has 0 radical (unpaired) electrons. The molecule has 1 saturated heterocycles. The van der Waals surface area contributed by atoms with E-state index in [1.807, 2.05) is 35.2 Å². The molecule has 6 nitrogen and oxygen atoms in total. The van der Waals surface area contributed by atoms with Crippen molar-refractivity contribution in [2.75, 3.05) is 25.9 Å². The first-order valence-corrected chi connectivity index (χ1v) is 10.7. The molecule has 0 aliphatic carbocycles. The number of nitrogens with zero attached hydrogens (tertiary/aromatic N) is 3. The highest BCUT2D eigenvalue weighted by molar-refractivity contribution is 7.92. The van der Waals surface area contributed by atoms with Crippen molar-refractivity contribution >= 4 is 15.8 Å². The fraction of sp³-hybridized carbons (Fsp3) is 0.400. The summed E-state index contributed by atoms with van der Waals surface area (Å²) in [5.74, 6) is 0.872. The van der Waals surface area contributed by atoms with Gasteiger partial charge in [-0.1, -0.05) is 24.3 Å². The van der Waals surface area contributed by atoms with Crippen LogP contribution in [0.2, 0.25) is 0 Å². The zero-order valence-electron chi connectivity index (χ0n) is 16.0. The summed E-state index contributed by atoms with van der Waals surface area (Å²) in [6, 6.07) is 14.1. The number of hydrogen-bond donors (Lipinski definition) is 1. The molecule has 144 valence electrons. The lowest BCUT2D eigenvalue weighted by molar-refractivity contribution is 0.353. The molecule has 2 aromatic rings. The topological polar surface area (TPSA) is 74.7 Å². The summed E-state index contributed by atoms with van der Waals surface area (Å²) >= 11 is 0. The van der Waals surface area contributed by atoms with E-state index in [-0.39, 0.29) is 5.75 Å². The predicted molar refractivity (Wildman–Crippen MR) is 109 cm³/mol. The van der Waals surface area contributed by atoms with E-state index >= 15 is 0 Å². The Bertz CT molecular complexity index is 924. The van der Waals surface area contributed by atoms with Gasteiger partial charge in [0.05, 0.1) is 16.2 Å². The Hall–Kier alpha value is -2.41. The second kappa shape index (κ2) is 7.68. The van der Waals surface area contributed by atoms with E-state index in [1.54, 1.807) is 27.1 Å². The highest BCUT2D eigenvalue weighted by Crippen LogP contribution is 2.24. The monoisotopic (exact) mass is 386 g/mol. The Morgan fingerprint density at radius 2 is 2.07 bits per heavy atom. The number of aliphatic imine (C=N–C) groups is 1. The van der Waals surface area contributed by atoms with E-state index in [9.17, 15) is 8.42 Å². The van der Waals surface area contributed by atoms with Crippen LogP contribution in [0.25, 0.3) is 11.3 Å². The molecule has 2 heterocycles. The SMILES string of the molecule is CN=C(NCc1cccc(-c2ccccn2)c1)N1CCS(=O)(=O)C(C)(C)C1. The fourth-order valence-electron chi connectivity index (χ4n) is 3.21. The number of nitrogens with one attached hydrogen (secondary N) is 1. The Kier molecular flexibility index (Phi) is 5.51. The summed E-state index contributed by atoms with van der Waals surface area (Å²) in [5.41, 5.74) is 3.12. The first kappa shape index (κ1) is 19.4. The standard InChI is InChI=1S/C20H26N4O2S/c1-20(2)15-24(11-12-27(20,25)26)19(21-3)23-14-16-7-6-8-17(13-16)18-9-4-5-10-22-18/h4-10,13H,11-12,14-15H2,1-3H3,(H,21,23). The smallest absolute Gasteiger partial charge is 0.193 e. The summed E-state index contributed by atoms with van der Waals surface area (Å²) < 4.78 is 23.7. The van der Waals surface area contributed by atoms with Gasteiger partial charge in [-0.05, 0) is 37.6 Å². The van der Waals surface area contributed by atoms with Gasteiger partial charge in [0.25, 0.3) is 0 Å². The van der Waals surface area contributed by atoms with Gasteiger partial charge in [-0.25, -0.2) is 8.42 Å². The average molecular weight is 387 g/mol. The van der Waals surface area contributed by atoms with E-state index in [0.717, 1.165) is 22.8 Å². The molecule has 7 heteroatoms.